The first-order valence-electron chi connectivity index (χ1n) is 8.96. The third-order valence-electron chi connectivity index (χ3n) is 4.66. The van der Waals surface area contributed by atoms with E-state index in [-0.39, 0.29) is 11.9 Å². The lowest BCUT2D eigenvalue weighted by Crippen LogP contribution is -2.62. The molecule has 1 unspecified atom stereocenters. The summed E-state index contributed by atoms with van der Waals surface area (Å²) < 4.78 is 5.32. The van der Waals surface area contributed by atoms with Crippen LogP contribution in [0, 0.1) is 11.3 Å². The van der Waals surface area contributed by atoms with Crippen LogP contribution in [-0.2, 0) is 17.6 Å². The molecule has 3 rings (SSSR count). The van der Waals surface area contributed by atoms with E-state index in [1.807, 2.05) is 31.2 Å². The van der Waals surface area contributed by atoms with Gasteiger partial charge in [0.2, 0.25) is 11.8 Å². The van der Waals surface area contributed by atoms with Gasteiger partial charge in [-0.1, -0.05) is 42.7 Å². The zero-order valence-corrected chi connectivity index (χ0v) is 16.1. The highest BCUT2D eigenvalue weighted by Crippen LogP contribution is 2.29. The van der Waals surface area contributed by atoms with E-state index in [0.717, 1.165) is 12.0 Å². The van der Waals surface area contributed by atoms with Crippen LogP contribution in [0.2, 0.25) is 5.02 Å². The van der Waals surface area contributed by atoms with Crippen molar-refractivity contribution in [1.82, 2.24) is 20.8 Å². The molecule has 1 amide bonds. The van der Waals surface area contributed by atoms with Gasteiger partial charge < -0.3 is 15.2 Å². The highest BCUT2D eigenvalue weighted by Gasteiger charge is 2.44. The van der Waals surface area contributed by atoms with E-state index in [1.165, 1.54) is 0 Å². The maximum atomic E-state index is 12.9. The summed E-state index contributed by atoms with van der Waals surface area (Å²) in [7, 11) is 0. The van der Waals surface area contributed by atoms with Gasteiger partial charge in [0.1, 0.15) is 6.04 Å². The fourth-order valence-electron chi connectivity index (χ4n) is 3.09. The topological polar surface area (TPSA) is 80.0 Å². The van der Waals surface area contributed by atoms with Crippen LogP contribution in [0.5, 0.6) is 0 Å². The quantitative estimate of drug-likeness (QED) is 0.776. The average molecular weight is 377 g/mol. The predicted molar refractivity (Wildman–Crippen MR) is 99.9 cm³/mol. The molecule has 7 heteroatoms. The molecule has 1 aliphatic heterocycles. The molecule has 0 radical (unpaired) electrons. The van der Waals surface area contributed by atoms with Crippen molar-refractivity contribution >= 4 is 17.5 Å². The molecule has 0 bridgehead atoms. The van der Waals surface area contributed by atoms with Crippen molar-refractivity contribution in [2.24, 2.45) is 11.3 Å². The van der Waals surface area contributed by atoms with Gasteiger partial charge in [0.05, 0.1) is 5.41 Å². The molecular formula is C19H25ClN4O2. The van der Waals surface area contributed by atoms with Gasteiger partial charge in [0.15, 0.2) is 5.82 Å². The Morgan fingerprint density at radius 1 is 1.31 bits per heavy atom. The number of amides is 1. The Hall–Kier alpha value is -1.92. The summed E-state index contributed by atoms with van der Waals surface area (Å²) in [6.45, 7) is 7.37. The van der Waals surface area contributed by atoms with E-state index in [9.17, 15) is 4.79 Å². The second kappa shape index (κ2) is 7.76. The van der Waals surface area contributed by atoms with Gasteiger partial charge >= 0.3 is 0 Å². The van der Waals surface area contributed by atoms with Crippen molar-refractivity contribution < 1.29 is 9.32 Å². The van der Waals surface area contributed by atoms with Gasteiger partial charge in [-0.05, 0) is 37.0 Å². The van der Waals surface area contributed by atoms with Gasteiger partial charge in [-0.25, -0.2) is 0 Å². The zero-order valence-electron chi connectivity index (χ0n) is 15.4. The van der Waals surface area contributed by atoms with Gasteiger partial charge in [-0.15, -0.1) is 0 Å². The van der Waals surface area contributed by atoms with Crippen molar-refractivity contribution in [3.63, 3.8) is 0 Å². The lowest BCUT2D eigenvalue weighted by molar-refractivity contribution is -0.134. The van der Waals surface area contributed by atoms with E-state index < -0.39 is 5.41 Å². The van der Waals surface area contributed by atoms with Crippen molar-refractivity contribution in [3.05, 3.63) is 46.6 Å². The fourth-order valence-corrected chi connectivity index (χ4v) is 3.21. The summed E-state index contributed by atoms with van der Waals surface area (Å²) in [5.74, 6) is 1.58. The molecule has 2 heterocycles. The van der Waals surface area contributed by atoms with Gasteiger partial charge in [-0.2, -0.15) is 4.98 Å². The number of aromatic nitrogens is 2. The number of hydrogen-bond donors (Lipinski definition) is 2. The second-order valence-electron chi connectivity index (χ2n) is 7.53. The normalized spacial score (nSPS) is 17.0. The minimum Gasteiger partial charge on any atom is -0.344 e. The van der Waals surface area contributed by atoms with Crippen molar-refractivity contribution in [2.45, 2.75) is 39.7 Å². The first-order chi connectivity index (χ1) is 12.4. The lowest BCUT2D eigenvalue weighted by Gasteiger charge is -2.41. The molecular weight excluding hydrogens is 352 g/mol. The maximum Gasteiger partial charge on any atom is 0.248 e. The Bertz CT molecular complexity index is 753. The zero-order chi connectivity index (χ0) is 18.7. The summed E-state index contributed by atoms with van der Waals surface area (Å²) in [5, 5.41) is 10.9. The molecule has 1 atom stereocenters. The van der Waals surface area contributed by atoms with E-state index >= 15 is 0 Å². The second-order valence-corrected chi connectivity index (χ2v) is 7.97. The summed E-state index contributed by atoms with van der Waals surface area (Å²) in [6, 6.07) is 7.32. The van der Waals surface area contributed by atoms with Crippen LogP contribution < -0.4 is 10.6 Å². The number of carbonyl (C=O) groups excluding carboxylic acids is 1. The lowest BCUT2D eigenvalue weighted by atomic mass is 9.75. The molecule has 2 aromatic rings. The number of nitrogens with zero attached hydrogens (tertiary/aromatic N) is 2. The third kappa shape index (κ3) is 4.24. The summed E-state index contributed by atoms with van der Waals surface area (Å²) in [6.07, 6.45) is 1.42. The van der Waals surface area contributed by atoms with Crippen molar-refractivity contribution in [2.75, 3.05) is 13.1 Å². The summed E-state index contributed by atoms with van der Waals surface area (Å²) in [4.78, 5) is 17.3. The SMILES string of the molecule is CC(C)Cc1noc(C(C)NC(=O)C2(Cc3ccc(Cl)cc3)CNC2)n1. The standard InChI is InChI=1S/C19H25ClN4O2/c1-12(2)8-16-23-17(26-24-16)13(3)22-18(25)19(10-21-11-19)9-14-4-6-15(20)7-5-14/h4-7,12-13,21H,8-11H2,1-3H3,(H,22,25). The van der Waals surface area contributed by atoms with Gasteiger partial charge in [-0.3, -0.25) is 4.79 Å². The number of benzene rings is 1. The Labute approximate surface area is 158 Å². The van der Waals surface area contributed by atoms with Gasteiger partial charge in [0.25, 0.3) is 0 Å². The highest BCUT2D eigenvalue weighted by molar-refractivity contribution is 6.30. The molecule has 1 saturated heterocycles. The molecule has 1 aliphatic rings. The Kier molecular flexibility index (Phi) is 5.63. The van der Waals surface area contributed by atoms with E-state index in [1.54, 1.807) is 0 Å². The van der Waals surface area contributed by atoms with Crippen LogP contribution in [0.4, 0.5) is 0 Å². The molecule has 6 nitrogen and oxygen atoms in total. The van der Waals surface area contributed by atoms with E-state index in [0.29, 0.717) is 42.2 Å². The van der Waals surface area contributed by atoms with Crippen LogP contribution in [0.25, 0.3) is 0 Å². The molecule has 140 valence electrons. The highest BCUT2D eigenvalue weighted by atomic mass is 35.5. The average Bonchev–Trinajstić information content (AvgIpc) is 3.00. The molecule has 1 aromatic carbocycles. The summed E-state index contributed by atoms with van der Waals surface area (Å²) in [5.41, 5.74) is 0.638. The molecule has 0 spiro atoms. The molecule has 1 aromatic heterocycles. The van der Waals surface area contributed by atoms with Crippen molar-refractivity contribution in [1.29, 1.82) is 0 Å². The first-order valence-corrected chi connectivity index (χ1v) is 9.34. The number of hydrogen-bond acceptors (Lipinski definition) is 5. The van der Waals surface area contributed by atoms with Crippen LogP contribution in [0.15, 0.2) is 28.8 Å². The smallest absolute Gasteiger partial charge is 0.248 e. The van der Waals surface area contributed by atoms with Crippen molar-refractivity contribution in [3.8, 4) is 0 Å². The Morgan fingerprint density at radius 3 is 2.58 bits per heavy atom. The fraction of sp³-hybridized carbons (Fsp3) is 0.526. The maximum absolute atomic E-state index is 12.9. The molecule has 0 aliphatic carbocycles. The molecule has 26 heavy (non-hydrogen) atoms. The van der Waals surface area contributed by atoms with Crippen LogP contribution in [0.1, 0.15) is 44.1 Å². The number of carbonyl (C=O) groups is 1. The molecule has 0 saturated carbocycles. The number of halogens is 1. The van der Waals surface area contributed by atoms with Crippen LogP contribution in [-0.4, -0.2) is 29.1 Å². The number of rotatable bonds is 7. The van der Waals surface area contributed by atoms with Gasteiger partial charge in [0, 0.05) is 24.5 Å². The molecule has 1 fully saturated rings. The van der Waals surface area contributed by atoms with E-state index in [2.05, 4.69) is 34.6 Å². The summed E-state index contributed by atoms with van der Waals surface area (Å²) >= 11 is 5.95. The van der Waals surface area contributed by atoms with E-state index in [4.69, 9.17) is 16.1 Å². The minimum absolute atomic E-state index is 0.00214. The van der Waals surface area contributed by atoms with Crippen LogP contribution >= 0.6 is 11.6 Å². The Morgan fingerprint density at radius 2 is 2.00 bits per heavy atom. The largest absolute Gasteiger partial charge is 0.344 e. The monoisotopic (exact) mass is 376 g/mol. The van der Waals surface area contributed by atoms with Crippen LogP contribution in [0.3, 0.4) is 0 Å². The predicted octanol–water partition coefficient (Wildman–Crippen LogP) is 2.93. The molecule has 2 N–H and O–H groups in total. The Balaban J connectivity index is 1.65. The third-order valence-corrected chi connectivity index (χ3v) is 4.91. The minimum atomic E-state index is -0.455. The number of nitrogens with one attached hydrogen (secondary N) is 2. The first kappa shape index (κ1) is 18.9.